The highest BCUT2D eigenvalue weighted by atomic mass is 15.1. The maximum absolute atomic E-state index is 7.82. The maximum atomic E-state index is 7.82. The van der Waals surface area contributed by atoms with Crippen LogP contribution in [0.4, 0.5) is 0 Å². The Balaban J connectivity index is 2.40. The lowest BCUT2D eigenvalue weighted by atomic mass is 10.1. The van der Waals surface area contributed by atoms with E-state index < -0.39 is 0 Å². The van der Waals surface area contributed by atoms with Gasteiger partial charge in [-0.3, -0.25) is 9.88 Å². The summed E-state index contributed by atoms with van der Waals surface area (Å²) in [6.07, 6.45) is 3.61. The van der Waals surface area contributed by atoms with Gasteiger partial charge in [0.1, 0.15) is 0 Å². The van der Waals surface area contributed by atoms with E-state index in [-0.39, 0.29) is 24.3 Å². The largest absolute Gasteiger partial charge is 0.299 e. The van der Waals surface area contributed by atoms with Crippen molar-refractivity contribution in [1.29, 1.82) is 0 Å². The van der Waals surface area contributed by atoms with Crippen LogP contribution in [-0.2, 0) is 0 Å². The Hall–Kier alpha value is -0.890. The molecule has 12 heavy (non-hydrogen) atoms. The second-order valence-electron chi connectivity index (χ2n) is 3.21. The standard InChI is InChI=1S/C10H14N2/c1-12-7-3-5-10(12)9-4-2-6-11-8-9/h2,4,6,8,10H,3,5,7H2,1H3/t10-/m0/s1/i2D,4D,6D. The summed E-state index contributed by atoms with van der Waals surface area (Å²) in [5, 5.41) is 0. The van der Waals surface area contributed by atoms with Crippen LogP contribution >= 0.6 is 0 Å². The molecule has 1 aliphatic rings. The topological polar surface area (TPSA) is 16.1 Å². The first-order valence-electron chi connectivity index (χ1n) is 5.74. The lowest BCUT2D eigenvalue weighted by molar-refractivity contribution is 0.317. The smallest absolute Gasteiger partial charge is 0.0840 e. The molecule has 0 spiro atoms. The third-order valence-electron chi connectivity index (χ3n) is 2.41. The molecule has 1 atom stereocenters. The van der Waals surface area contributed by atoms with Crippen molar-refractivity contribution in [2.24, 2.45) is 0 Å². The van der Waals surface area contributed by atoms with Crippen LogP contribution < -0.4 is 0 Å². The van der Waals surface area contributed by atoms with Gasteiger partial charge < -0.3 is 0 Å². The molecule has 0 radical (unpaired) electrons. The summed E-state index contributed by atoms with van der Waals surface area (Å²) < 4.78 is 22.7. The van der Waals surface area contributed by atoms with E-state index in [4.69, 9.17) is 4.11 Å². The molecular weight excluding hydrogens is 148 g/mol. The Bertz CT molecular complexity index is 381. The van der Waals surface area contributed by atoms with E-state index in [0.29, 0.717) is 0 Å². The summed E-state index contributed by atoms with van der Waals surface area (Å²) >= 11 is 0. The van der Waals surface area contributed by atoms with Crippen LogP contribution in [0.15, 0.2) is 24.5 Å². The molecule has 0 N–H and O–H groups in total. The first kappa shape index (κ1) is 4.97. The van der Waals surface area contributed by atoms with Gasteiger partial charge >= 0.3 is 0 Å². The Morgan fingerprint density at radius 3 is 3.42 bits per heavy atom. The van der Waals surface area contributed by atoms with Crippen molar-refractivity contribution in [3.8, 4) is 0 Å². The number of nitrogens with zero attached hydrogens (tertiary/aromatic N) is 2. The van der Waals surface area contributed by atoms with Gasteiger partial charge in [0.05, 0.1) is 4.11 Å². The summed E-state index contributed by atoms with van der Waals surface area (Å²) in [4.78, 5) is 6.03. The highest BCUT2D eigenvalue weighted by molar-refractivity contribution is 5.14. The van der Waals surface area contributed by atoms with Gasteiger partial charge in [-0.1, -0.05) is 6.04 Å². The minimum atomic E-state index is -0.107. The molecule has 2 heteroatoms. The van der Waals surface area contributed by atoms with Crippen molar-refractivity contribution in [1.82, 2.24) is 9.88 Å². The molecule has 0 amide bonds. The minimum absolute atomic E-state index is 0.0622. The monoisotopic (exact) mass is 165 g/mol. The van der Waals surface area contributed by atoms with E-state index in [1.165, 1.54) is 0 Å². The summed E-state index contributed by atoms with van der Waals surface area (Å²) in [6.45, 7) is 1.03. The molecule has 1 aromatic heterocycles. The highest BCUT2D eigenvalue weighted by Crippen LogP contribution is 2.29. The molecule has 0 saturated carbocycles. The van der Waals surface area contributed by atoms with Crippen molar-refractivity contribution in [3.63, 3.8) is 0 Å². The molecule has 1 aliphatic heterocycles. The number of likely N-dealkylation sites (tertiary alicyclic amines) is 1. The van der Waals surface area contributed by atoms with Crippen LogP contribution in [0.5, 0.6) is 0 Å². The molecule has 1 saturated heterocycles. The Labute approximate surface area is 77.4 Å². The fourth-order valence-corrected chi connectivity index (χ4v) is 1.74. The lowest BCUT2D eigenvalue weighted by Gasteiger charge is -2.18. The zero-order chi connectivity index (χ0) is 11.0. The number of hydrogen-bond donors (Lipinski definition) is 0. The van der Waals surface area contributed by atoms with Crippen molar-refractivity contribution < 1.29 is 4.11 Å². The average Bonchev–Trinajstić information content (AvgIpc) is 2.62. The van der Waals surface area contributed by atoms with E-state index in [1.807, 2.05) is 7.05 Å². The fourth-order valence-electron chi connectivity index (χ4n) is 1.74. The van der Waals surface area contributed by atoms with Crippen LogP contribution in [0.1, 0.15) is 28.6 Å². The maximum Gasteiger partial charge on any atom is 0.0840 e. The Kier molecular flexibility index (Phi) is 1.34. The van der Waals surface area contributed by atoms with Crippen LogP contribution in [0.2, 0.25) is 0 Å². The molecular formula is C10H14N2. The highest BCUT2D eigenvalue weighted by Gasteiger charge is 2.21. The van der Waals surface area contributed by atoms with E-state index in [1.54, 1.807) is 6.20 Å². The van der Waals surface area contributed by atoms with Gasteiger partial charge in [0.2, 0.25) is 0 Å². The van der Waals surface area contributed by atoms with Crippen LogP contribution in [-0.4, -0.2) is 23.5 Å². The second kappa shape index (κ2) is 3.23. The molecule has 64 valence electrons. The van der Waals surface area contributed by atoms with Gasteiger partial charge in [0.25, 0.3) is 0 Å². The van der Waals surface area contributed by atoms with Gasteiger partial charge in [-0.05, 0) is 38.0 Å². The minimum Gasteiger partial charge on any atom is -0.299 e. The third kappa shape index (κ3) is 1.34. The second-order valence-corrected chi connectivity index (χ2v) is 3.21. The zero-order valence-corrected chi connectivity index (χ0v) is 7.17. The van der Waals surface area contributed by atoms with Crippen LogP contribution in [0, 0.1) is 0 Å². The van der Waals surface area contributed by atoms with Crippen LogP contribution in [0.3, 0.4) is 0 Å². The number of aromatic nitrogens is 1. The first-order chi connectivity index (χ1) is 7.11. The van der Waals surface area contributed by atoms with Crippen molar-refractivity contribution in [3.05, 3.63) is 30.0 Å². The Morgan fingerprint density at radius 1 is 1.75 bits per heavy atom. The quantitative estimate of drug-likeness (QED) is 0.631. The molecule has 1 aromatic rings. The summed E-state index contributed by atoms with van der Waals surface area (Å²) in [7, 11) is 2.02. The van der Waals surface area contributed by atoms with Gasteiger partial charge in [-0.25, -0.2) is 0 Å². The summed E-state index contributed by atoms with van der Waals surface area (Å²) in [5.74, 6) is 0. The summed E-state index contributed by atoms with van der Waals surface area (Å²) in [6, 6.07) is 0.302. The predicted molar refractivity (Wildman–Crippen MR) is 48.8 cm³/mol. The van der Waals surface area contributed by atoms with Crippen molar-refractivity contribution in [2.75, 3.05) is 13.6 Å². The van der Waals surface area contributed by atoms with E-state index in [9.17, 15) is 0 Å². The van der Waals surface area contributed by atoms with Gasteiger partial charge in [-0.2, -0.15) is 0 Å². The normalized spacial score (nSPS) is 28.1. The lowest BCUT2D eigenvalue weighted by Crippen LogP contribution is -2.17. The molecule has 2 heterocycles. The van der Waals surface area contributed by atoms with E-state index in [2.05, 4.69) is 9.88 Å². The molecule has 0 aliphatic carbocycles. The van der Waals surface area contributed by atoms with Gasteiger partial charge in [-0.15, -0.1) is 0 Å². The third-order valence-corrected chi connectivity index (χ3v) is 2.41. The molecule has 0 aromatic carbocycles. The molecule has 1 fully saturated rings. The van der Waals surface area contributed by atoms with E-state index >= 15 is 0 Å². The molecule has 0 unspecified atom stereocenters. The molecule has 2 rings (SSSR count). The van der Waals surface area contributed by atoms with Crippen molar-refractivity contribution >= 4 is 0 Å². The van der Waals surface area contributed by atoms with Crippen molar-refractivity contribution in [2.45, 2.75) is 18.9 Å². The SMILES string of the molecule is [2H]c1ncc([C@@H]2CCCN2C)c([2H])c1[2H]. The van der Waals surface area contributed by atoms with Crippen LogP contribution in [0.25, 0.3) is 0 Å². The number of rotatable bonds is 1. The fraction of sp³-hybridized carbons (Fsp3) is 0.500. The zero-order valence-electron chi connectivity index (χ0n) is 10.2. The molecule has 2 nitrogen and oxygen atoms in total. The van der Waals surface area contributed by atoms with Gasteiger partial charge in [0.15, 0.2) is 0 Å². The van der Waals surface area contributed by atoms with E-state index in [0.717, 1.165) is 24.9 Å². The first-order valence-corrected chi connectivity index (χ1v) is 4.24. The number of pyridine rings is 1. The van der Waals surface area contributed by atoms with Gasteiger partial charge in [0, 0.05) is 18.4 Å². The summed E-state index contributed by atoms with van der Waals surface area (Å²) in [5.41, 5.74) is 0.788. The average molecular weight is 165 g/mol. The predicted octanol–water partition coefficient (Wildman–Crippen LogP) is 1.85. The number of hydrogen-bond acceptors (Lipinski definition) is 2. The Morgan fingerprint density at radius 2 is 2.67 bits per heavy atom. The molecule has 0 bridgehead atoms.